The van der Waals surface area contributed by atoms with Crippen molar-refractivity contribution in [3.8, 4) is 5.69 Å². The van der Waals surface area contributed by atoms with Gasteiger partial charge in [-0.25, -0.2) is 4.68 Å². The van der Waals surface area contributed by atoms with Crippen LogP contribution in [0.1, 0.15) is 36.7 Å². The highest BCUT2D eigenvalue weighted by atomic mass is 35.5. The van der Waals surface area contributed by atoms with Crippen molar-refractivity contribution in [1.29, 1.82) is 0 Å². The van der Waals surface area contributed by atoms with E-state index in [1.54, 1.807) is 11.6 Å². The van der Waals surface area contributed by atoms with Crippen molar-refractivity contribution in [2.75, 3.05) is 0 Å². The second-order valence-electron chi connectivity index (χ2n) is 4.90. The van der Waals surface area contributed by atoms with E-state index >= 15 is 0 Å². The van der Waals surface area contributed by atoms with Gasteiger partial charge in [0.25, 0.3) is 0 Å². The Labute approximate surface area is 120 Å². The van der Waals surface area contributed by atoms with Gasteiger partial charge in [-0.15, -0.1) is 0 Å². The summed E-state index contributed by atoms with van der Waals surface area (Å²) in [6.45, 7) is 5.72. The number of rotatable bonds is 2. The molecule has 0 bridgehead atoms. The summed E-state index contributed by atoms with van der Waals surface area (Å²) >= 11 is 6.20. The maximum absolute atomic E-state index is 12.5. The van der Waals surface area contributed by atoms with E-state index in [1.165, 1.54) is 12.1 Å². The van der Waals surface area contributed by atoms with Gasteiger partial charge in [0.15, 0.2) is 0 Å². The van der Waals surface area contributed by atoms with E-state index in [1.807, 2.05) is 13.8 Å². The minimum absolute atomic E-state index is 0.150. The standard InChI is InChI=1S/C14H14ClF3N2/c1-8(2)13-12(15)9(3)20(19-13)11-6-4-10(5-7-11)14(16,17)18/h4-8H,1-3H3. The lowest BCUT2D eigenvalue weighted by molar-refractivity contribution is -0.137. The van der Waals surface area contributed by atoms with Crippen LogP contribution in [0.25, 0.3) is 5.69 Å². The van der Waals surface area contributed by atoms with Crippen molar-refractivity contribution in [2.24, 2.45) is 0 Å². The van der Waals surface area contributed by atoms with Gasteiger partial charge in [-0.3, -0.25) is 0 Å². The van der Waals surface area contributed by atoms with Crippen LogP contribution in [0.3, 0.4) is 0 Å². The molecule has 0 N–H and O–H groups in total. The molecule has 1 aromatic carbocycles. The summed E-state index contributed by atoms with van der Waals surface area (Å²) in [6, 6.07) is 4.87. The smallest absolute Gasteiger partial charge is 0.236 e. The van der Waals surface area contributed by atoms with Crippen LogP contribution in [0.2, 0.25) is 5.02 Å². The number of hydrogen-bond acceptors (Lipinski definition) is 1. The molecule has 0 atom stereocenters. The minimum Gasteiger partial charge on any atom is -0.236 e. The van der Waals surface area contributed by atoms with Crippen molar-refractivity contribution in [3.05, 3.63) is 46.2 Å². The fourth-order valence-electron chi connectivity index (χ4n) is 1.92. The van der Waals surface area contributed by atoms with Crippen LogP contribution in [0.5, 0.6) is 0 Å². The molecular formula is C14H14ClF3N2. The van der Waals surface area contributed by atoms with Crippen LogP contribution in [0.15, 0.2) is 24.3 Å². The molecule has 0 aliphatic heterocycles. The van der Waals surface area contributed by atoms with Gasteiger partial charge in [0.05, 0.1) is 27.7 Å². The van der Waals surface area contributed by atoms with Crippen molar-refractivity contribution in [2.45, 2.75) is 32.9 Å². The summed E-state index contributed by atoms with van der Waals surface area (Å²) < 4.78 is 39.2. The zero-order valence-electron chi connectivity index (χ0n) is 11.3. The quantitative estimate of drug-likeness (QED) is 0.765. The Morgan fingerprint density at radius 2 is 1.70 bits per heavy atom. The third kappa shape index (κ3) is 2.68. The van der Waals surface area contributed by atoms with Crippen molar-refractivity contribution in [3.63, 3.8) is 0 Å². The van der Waals surface area contributed by atoms with Crippen LogP contribution in [0.4, 0.5) is 13.2 Å². The zero-order chi connectivity index (χ0) is 15.1. The molecule has 0 fully saturated rings. The van der Waals surface area contributed by atoms with Gasteiger partial charge in [0.2, 0.25) is 0 Å². The molecule has 1 aromatic heterocycles. The van der Waals surface area contributed by atoms with Crippen molar-refractivity contribution in [1.82, 2.24) is 9.78 Å². The normalized spacial score (nSPS) is 12.2. The van der Waals surface area contributed by atoms with Gasteiger partial charge >= 0.3 is 6.18 Å². The van der Waals surface area contributed by atoms with Gasteiger partial charge in [-0.2, -0.15) is 18.3 Å². The Bertz CT molecular complexity index is 613. The first kappa shape index (κ1) is 14.9. The fourth-order valence-corrected chi connectivity index (χ4v) is 2.25. The Morgan fingerprint density at radius 1 is 1.15 bits per heavy atom. The Hall–Kier alpha value is -1.49. The van der Waals surface area contributed by atoms with Gasteiger partial charge in [0.1, 0.15) is 0 Å². The molecule has 0 saturated carbocycles. The second kappa shape index (κ2) is 5.13. The van der Waals surface area contributed by atoms with E-state index in [2.05, 4.69) is 5.10 Å². The summed E-state index contributed by atoms with van der Waals surface area (Å²) in [5.74, 6) is 0.150. The maximum Gasteiger partial charge on any atom is 0.416 e. The lowest BCUT2D eigenvalue weighted by Crippen LogP contribution is -2.06. The first-order valence-electron chi connectivity index (χ1n) is 6.14. The van der Waals surface area contributed by atoms with Crippen LogP contribution in [0, 0.1) is 6.92 Å². The highest BCUT2D eigenvalue weighted by Gasteiger charge is 2.30. The average Bonchev–Trinajstić information content (AvgIpc) is 2.66. The Balaban J connectivity index is 2.45. The van der Waals surface area contributed by atoms with E-state index in [-0.39, 0.29) is 5.92 Å². The monoisotopic (exact) mass is 302 g/mol. The first-order chi connectivity index (χ1) is 9.21. The molecule has 0 aliphatic rings. The molecule has 6 heteroatoms. The zero-order valence-corrected chi connectivity index (χ0v) is 12.0. The number of benzene rings is 1. The molecule has 2 rings (SSSR count). The summed E-state index contributed by atoms with van der Waals surface area (Å²) in [7, 11) is 0. The molecule has 2 nitrogen and oxygen atoms in total. The van der Waals surface area contributed by atoms with Crippen LogP contribution >= 0.6 is 11.6 Å². The molecule has 0 aliphatic carbocycles. The van der Waals surface area contributed by atoms with Gasteiger partial charge < -0.3 is 0 Å². The van der Waals surface area contributed by atoms with Gasteiger partial charge in [-0.05, 0) is 37.1 Å². The maximum atomic E-state index is 12.5. The fraction of sp³-hybridized carbons (Fsp3) is 0.357. The van der Waals surface area contributed by atoms with Crippen molar-refractivity contribution >= 4 is 11.6 Å². The van der Waals surface area contributed by atoms with E-state index in [0.717, 1.165) is 23.5 Å². The number of aromatic nitrogens is 2. The molecule has 108 valence electrons. The highest BCUT2D eigenvalue weighted by Crippen LogP contribution is 2.31. The van der Waals surface area contributed by atoms with Crippen molar-refractivity contribution < 1.29 is 13.2 Å². The summed E-state index contributed by atoms with van der Waals surface area (Å²) in [5.41, 5.74) is 1.34. The summed E-state index contributed by atoms with van der Waals surface area (Å²) in [4.78, 5) is 0. The summed E-state index contributed by atoms with van der Waals surface area (Å²) in [6.07, 6.45) is -4.33. The second-order valence-corrected chi connectivity index (χ2v) is 5.27. The molecule has 0 unspecified atom stereocenters. The molecule has 0 spiro atoms. The van der Waals surface area contributed by atoms with Gasteiger partial charge in [0, 0.05) is 0 Å². The first-order valence-corrected chi connectivity index (χ1v) is 6.52. The highest BCUT2D eigenvalue weighted by molar-refractivity contribution is 6.32. The van der Waals surface area contributed by atoms with Gasteiger partial charge in [-0.1, -0.05) is 25.4 Å². The average molecular weight is 303 g/mol. The molecule has 1 heterocycles. The van der Waals surface area contributed by atoms with E-state index in [0.29, 0.717) is 10.7 Å². The van der Waals surface area contributed by atoms with E-state index in [4.69, 9.17) is 11.6 Å². The van der Waals surface area contributed by atoms with Crippen LogP contribution in [-0.4, -0.2) is 9.78 Å². The molecule has 0 amide bonds. The molecule has 0 radical (unpaired) electrons. The molecule has 2 aromatic rings. The predicted octanol–water partition coefficient (Wildman–Crippen LogP) is 4.98. The minimum atomic E-state index is -4.33. The lowest BCUT2D eigenvalue weighted by atomic mass is 10.1. The number of alkyl halides is 3. The Morgan fingerprint density at radius 3 is 2.10 bits per heavy atom. The largest absolute Gasteiger partial charge is 0.416 e. The molecular weight excluding hydrogens is 289 g/mol. The van der Waals surface area contributed by atoms with Crippen LogP contribution < -0.4 is 0 Å². The number of halogens is 4. The SMILES string of the molecule is Cc1c(Cl)c(C(C)C)nn1-c1ccc(C(F)(F)F)cc1. The third-order valence-electron chi connectivity index (χ3n) is 3.05. The number of nitrogens with zero attached hydrogens (tertiary/aromatic N) is 2. The number of hydrogen-bond donors (Lipinski definition) is 0. The third-order valence-corrected chi connectivity index (χ3v) is 3.52. The molecule has 20 heavy (non-hydrogen) atoms. The van der Waals surface area contributed by atoms with Crippen LogP contribution in [-0.2, 0) is 6.18 Å². The summed E-state index contributed by atoms with van der Waals surface area (Å²) in [5, 5.41) is 4.93. The lowest BCUT2D eigenvalue weighted by Gasteiger charge is -2.08. The van der Waals surface area contributed by atoms with E-state index < -0.39 is 11.7 Å². The predicted molar refractivity (Wildman–Crippen MR) is 72.4 cm³/mol. The van der Waals surface area contributed by atoms with E-state index in [9.17, 15) is 13.2 Å². The topological polar surface area (TPSA) is 17.8 Å². The molecule has 0 saturated heterocycles. The Kier molecular flexibility index (Phi) is 3.82.